The average Bonchev–Trinajstić information content (AvgIpc) is 2.83. The van der Waals surface area contributed by atoms with Gasteiger partial charge in [0, 0.05) is 17.4 Å². The summed E-state index contributed by atoms with van der Waals surface area (Å²) in [7, 11) is 0. The number of anilines is 1. The molecule has 0 atom stereocenters. The maximum atomic E-state index is 11.7. The zero-order valence-corrected chi connectivity index (χ0v) is 9.36. The van der Waals surface area contributed by atoms with Crippen molar-refractivity contribution >= 4 is 17.4 Å². The van der Waals surface area contributed by atoms with E-state index in [2.05, 4.69) is 10.3 Å². The lowest BCUT2D eigenvalue weighted by Crippen LogP contribution is -2.12. The second-order valence-corrected chi connectivity index (χ2v) is 3.67. The summed E-state index contributed by atoms with van der Waals surface area (Å²) in [5, 5.41) is 2.73. The maximum Gasteiger partial charge on any atom is 0.272 e. The van der Waals surface area contributed by atoms with Crippen LogP contribution < -0.4 is 5.32 Å². The molecule has 2 rings (SSSR count). The predicted molar refractivity (Wildman–Crippen MR) is 65.2 cm³/mol. The Morgan fingerprint density at radius 2 is 1.82 bits per heavy atom. The van der Waals surface area contributed by atoms with Gasteiger partial charge in [0.2, 0.25) is 0 Å². The lowest BCUT2D eigenvalue weighted by molar-refractivity contribution is 0.101. The minimum absolute atomic E-state index is 0.00671. The molecule has 1 aromatic heterocycles. The summed E-state index contributed by atoms with van der Waals surface area (Å²) in [6.45, 7) is 1.51. The molecule has 0 bridgehead atoms. The first-order valence-corrected chi connectivity index (χ1v) is 5.22. The van der Waals surface area contributed by atoms with Crippen LogP contribution in [-0.4, -0.2) is 16.7 Å². The number of amides is 1. The average molecular weight is 228 g/mol. The van der Waals surface area contributed by atoms with Crippen LogP contribution in [-0.2, 0) is 0 Å². The third-order valence-corrected chi connectivity index (χ3v) is 2.39. The molecule has 86 valence electrons. The number of aromatic nitrogens is 1. The van der Waals surface area contributed by atoms with Gasteiger partial charge in [-0.3, -0.25) is 9.59 Å². The summed E-state index contributed by atoms with van der Waals surface area (Å²) in [4.78, 5) is 25.6. The number of ketones is 1. The number of hydrogen-bond donors (Lipinski definition) is 2. The van der Waals surface area contributed by atoms with Crippen molar-refractivity contribution in [1.29, 1.82) is 0 Å². The topological polar surface area (TPSA) is 62.0 Å². The smallest absolute Gasteiger partial charge is 0.272 e. The largest absolute Gasteiger partial charge is 0.357 e. The van der Waals surface area contributed by atoms with E-state index in [1.54, 1.807) is 42.6 Å². The second kappa shape index (κ2) is 4.65. The van der Waals surface area contributed by atoms with E-state index < -0.39 is 0 Å². The van der Waals surface area contributed by atoms with E-state index in [1.807, 2.05) is 0 Å². The lowest BCUT2D eigenvalue weighted by Gasteiger charge is -2.04. The molecule has 1 amide bonds. The molecule has 0 aliphatic heterocycles. The third kappa shape index (κ3) is 2.60. The van der Waals surface area contributed by atoms with Crippen LogP contribution in [0.25, 0.3) is 0 Å². The van der Waals surface area contributed by atoms with Gasteiger partial charge in [0.1, 0.15) is 5.69 Å². The Bertz CT molecular complexity index is 527. The Morgan fingerprint density at radius 1 is 1.12 bits per heavy atom. The fourth-order valence-corrected chi connectivity index (χ4v) is 1.46. The number of rotatable bonds is 3. The van der Waals surface area contributed by atoms with Crippen LogP contribution in [0.1, 0.15) is 27.8 Å². The highest BCUT2D eigenvalue weighted by Gasteiger charge is 2.06. The van der Waals surface area contributed by atoms with E-state index in [9.17, 15) is 9.59 Å². The fourth-order valence-electron chi connectivity index (χ4n) is 1.46. The molecule has 17 heavy (non-hydrogen) atoms. The van der Waals surface area contributed by atoms with E-state index in [0.29, 0.717) is 16.9 Å². The number of carbonyl (C=O) groups excluding carboxylic acids is 2. The Balaban J connectivity index is 2.09. The number of hydrogen-bond acceptors (Lipinski definition) is 2. The number of benzene rings is 1. The van der Waals surface area contributed by atoms with Crippen LogP contribution in [0.3, 0.4) is 0 Å². The van der Waals surface area contributed by atoms with Crippen LogP contribution in [0.4, 0.5) is 5.69 Å². The van der Waals surface area contributed by atoms with Crippen molar-refractivity contribution in [3.05, 3.63) is 53.9 Å². The van der Waals surface area contributed by atoms with E-state index in [0.717, 1.165) is 0 Å². The van der Waals surface area contributed by atoms with Gasteiger partial charge in [-0.05, 0) is 43.3 Å². The minimum atomic E-state index is -0.203. The first-order valence-electron chi connectivity index (χ1n) is 5.22. The third-order valence-electron chi connectivity index (χ3n) is 2.39. The minimum Gasteiger partial charge on any atom is -0.357 e. The zero-order chi connectivity index (χ0) is 12.3. The lowest BCUT2D eigenvalue weighted by atomic mass is 10.1. The molecular weight excluding hydrogens is 216 g/mol. The summed E-state index contributed by atoms with van der Waals surface area (Å²) in [5.41, 5.74) is 1.79. The van der Waals surface area contributed by atoms with Crippen LogP contribution in [0.2, 0.25) is 0 Å². The van der Waals surface area contributed by atoms with Gasteiger partial charge < -0.3 is 10.3 Å². The van der Waals surface area contributed by atoms with E-state index in [4.69, 9.17) is 0 Å². The van der Waals surface area contributed by atoms with Gasteiger partial charge in [-0.25, -0.2) is 0 Å². The molecule has 0 aliphatic rings. The van der Waals surface area contributed by atoms with Crippen molar-refractivity contribution in [1.82, 2.24) is 4.98 Å². The quantitative estimate of drug-likeness (QED) is 0.793. The summed E-state index contributed by atoms with van der Waals surface area (Å²) < 4.78 is 0. The number of nitrogens with one attached hydrogen (secondary N) is 2. The standard InChI is InChI=1S/C13H12N2O2/c1-9(16)10-4-6-11(7-5-10)15-13(17)12-3-2-8-14-12/h2-8,14H,1H3,(H,15,17). The van der Waals surface area contributed by atoms with Gasteiger partial charge in [0.25, 0.3) is 5.91 Å². The monoisotopic (exact) mass is 228 g/mol. The molecule has 0 saturated carbocycles. The Kier molecular flexibility index (Phi) is 3.05. The summed E-state index contributed by atoms with van der Waals surface area (Å²) in [6.07, 6.45) is 1.69. The molecular formula is C13H12N2O2. The molecule has 1 aromatic carbocycles. The maximum absolute atomic E-state index is 11.7. The van der Waals surface area contributed by atoms with Crippen molar-refractivity contribution in [2.45, 2.75) is 6.92 Å². The molecule has 2 N–H and O–H groups in total. The van der Waals surface area contributed by atoms with Gasteiger partial charge in [0.05, 0.1) is 0 Å². The van der Waals surface area contributed by atoms with Crippen molar-refractivity contribution in [2.75, 3.05) is 5.32 Å². The Morgan fingerprint density at radius 3 is 2.35 bits per heavy atom. The highest BCUT2D eigenvalue weighted by molar-refractivity contribution is 6.03. The fraction of sp³-hybridized carbons (Fsp3) is 0.0769. The summed E-state index contributed by atoms with van der Waals surface area (Å²) in [6, 6.07) is 10.2. The summed E-state index contributed by atoms with van der Waals surface area (Å²) >= 11 is 0. The van der Waals surface area contributed by atoms with E-state index in [1.165, 1.54) is 6.92 Å². The van der Waals surface area contributed by atoms with Crippen LogP contribution >= 0.6 is 0 Å². The normalized spacial score (nSPS) is 9.94. The molecule has 0 unspecified atom stereocenters. The molecule has 0 fully saturated rings. The van der Waals surface area contributed by atoms with Crippen molar-refractivity contribution in [3.8, 4) is 0 Å². The SMILES string of the molecule is CC(=O)c1ccc(NC(=O)c2ccc[nH]2)cc1. The molecule has 2 aromatic rings. The van der Waals surface area contributed by atoms with Gasteiger partial charge in [-0.2, -0.15) is 0 Å². The summed E-state index contributed by atoms with van der Waals surface area (Å²) in [5.74, 6) is -0.196. The van der Waals surface area contributed by atoms with Gasteiger partial charge in [-0.1, -0.05) is 0 Å². The Hall–Kier alpha value is -2.36. The molecule has 0 saturated heterocycles. The van der Waals surface area contributed by atoms with E-state index in [-0.39, 0.29) is 11.7 Å². The molecule has 1 heterocycles. The van der Waals surface area contributed by atoms with Crippen molar-refractivity contribution in [3.63, 3.8) is 0 Å². The van der Waals surface area contributed by atoms with E-state index >= 15 is 0 Å². The number of H-pyrrole nitrogens is 1. The first kappa shape index (κ1) is 11.1. The highest BCUT2D eigenvalue weighted by Crippen LogP contribution is 2.11. The first-order chi connectivity index (χ1) is 8.16. The molecule has 0 radical (unpaired) electrons. The van der Waals surface area contributed by atoms with Gasteiger partial charge in [-0.15, -0.1) is 0 Å². The number of Topliss-reactive ketones (excluding diaryl/α,β-unsaturated/α-hetero) is 1. The predicted octanol–water partition coefficient (Wildman–Crippen LogP) is 2.47. The molecule has 4 nitrogen and oxygen atoms in total. The second-order valence-electron chi connectivity index (χ2n) is 3.67. The molecule has 0 aliphatic carbocycles. The van der Waals surface area contributed by atoms with Crippen molar-refractivity contribution < 1.29 is 9.59 Å². The Labute approximate surface area is 98.7 Å². The van der Waals surface area contributed by atoms with Crippen molar-refractivity contribution in [2.24, 2.45) is 0 Å². The van der Waals surface area contributed by atoms with Gasteiger partial charge >= 0.3 is 0 Å². The van der Waals surface area contributed by atoms with Crippen LogP contribution in [0.15, 0.2) is 42.6 Å². The molecule has 4 heteroatoms. The molecule has 0 spiro atoms. The number of carbonyl (C=O) groups is 2. The zero-order valence-electron chi connectivity index (χ0n) is 9.36. The van der Waals surface area contributed by atoms with Gasteiger partial charge in [0.15, 0.2) is 5.78 Å². The highest BCUT2D eigenvalue weighted by atomic mass is 16.2. The number of aromatic amines is 1. The van der Waals surface area contributed by atoms with Crippen LogP contribution in [0, 0.1) is 0 Å². The van der Waals surface area contributed by atoms with Crippen LogP contribution in [0.5, 0.6) is 0 Å².